The van der Waals surface area contributed by atoms with E-state index in [0.29, 0.717) is 18.7 Å². The quantitative estimate of drug-likeness (QED) is 0.500. The summed E-state index contributed by atoms with van der Waals surface area (Å²) in [6.45, 7) is 4.68. The van der Waals surface area contributed by atoms with Crippen LogP contribution in [0, 0.1) is 0 Å². The maximum atomic E-state index is 10.5. The van der Waals surface area contributed by atoms with Gasteiger partial charge in [-0.2, -0.15) is 0 Å². The van der Waals surface area contributed by atoms with Crippen LogP contribution in [0.1, 0.15) is 37.7 Å². The van der Waals surface area contributed by atoms with Crippen LogP contribution in [0.25, 0.3) is 11.0 Å². The van der Waals surface area contributed by atoms with Crippen LogP contribution in [0.5, 0.6) is 0 Å². The van der Waals surface area contributed by atoms with Crippen molar-refractivity contribution < 1.29 is 14.3 Å². The third-order valence-electron chi connectivity index (χ3n) is 4.77. The van der Waals surface area contributed by atoms with Crippen molar-refractivity contribution in [2.24, 2.45) is 0 Å². The summed E-state index contributed by atoms with van der Waals surface area (Å²) >= 11 is 0. The first-order valence-corrected chi connectivity index (χ1v) is 9.17. The number of nitrogens with one attached hydrogen (secondary N) is 2. The van der Waals surface area contributed by atoms with Gasteiger partial charge in [0.2, 0.25) is 6.41 Å². The number of β-amino-alcohol motifs (C(OH)–C–C–N with tert-alkyl or cyclic N) is 1. The summed E-state index contributed by atoms with van der Waals surface area (Å²) in [7, 11) is 0. The molecule has 3 aromatic rings. The molecule has 0 fully saturated rings. The Morgan fingerprint density at radius 1 is 1.15 bits per heavy atom. The Morgan fingerprint density at radius 2 is 1.89 bits per heavy atom. The van der Waals surface area contributed by atoms with Gasteiger partial charge in [-0.05, 0) is 56.5 Å². The zero-order valence-electron chi connectivity index (χ0n) is 15.7. The molecule has 0 saturated heterocycles. The molecule has 2 aromatic carbocycles. The maximum absolute atomic E-state index is 10.5. The van der Waals surface area contributed by atoms with Crippen molar-refractivity contribution in [1.29, 1.82) is 0 Å². The largest absolute Gasteiger partial charge is 0.458 e. The van der Waals surface area contributed by atoms with Crippen LogP contribution in [0.3, 0.4) is 0 Å². The fourth-order valence-electron chi connectivity index (χ4n) is 3.02. The minimum atomic E-state index is -0.689. The first-order chi connectivity index (χ1) is 13.0. The molecule has 1 amide bonds. The average molecular weight is 366 g/mol. The van der Waals surface area contributed by atoms with Crippen molar-refractivity contribution in [3.63, 3.8) is 0 Å². The average Bonchev–Trinajstić information content (AvgIpc) is 3.10. The van der Waals surface area contributed by atoms with Gasteiger partial charge in [-0.15, -0.1) is 0 Å². The van der Waals surface area contributed by atoms with E-state index in [-0.39, 0.29) is 5.54 Å². The number of anilines is 1. The van der Waals surface area contributed by atoms with Crippen LogP contribution in [0.2, 0.25) is 0 Å². The number of aryl methyl sites for hydroxylation is 1. The number of aliphatic hydroxyl groups excluding tert-OH is 1. The molecule has 3 rings (SSSR count). The highest BCUT2D eigenvalue weighted by Gasteiger charge is 2.20. The number of benzene rings is 2. The topological polar surface area (TPSA) is 74.5 Å². The highest BCUT2D eigenvalue weighted by atomic mass is 16.4. The predicted molar refractivity (Wildman–Crippen MR) is 108 cm³/mol. The molecule has 0 aliphatic carbocycles. The molecule has 0 aliphatic rings. The van der Waals surface area contributed by atoms with E-state index in [1.54, 1.807) is 0 Å². The molecule has 5 heteroatoms. The van der Waals surface area contributed by atoms with E-state index in [4.69, 9.17) is 4.42 Å². The zero-order valence-corrected chi connectivity index (χ0v) is 15.7. The number of aliphatic hydroxyl groups is 1. The number of amides is 1. The molecule has 1 aromatic heterocycles. The number of fused-ring (bicyclic) bond motifs is 1. The SMILES string of the molecule is CC(C)(CCc1ccc(NC=O)cc1)NCC(O)c1cc2ccccc2o1. The van der Waals surface area contributed by atoms with Crippen molar-refractivity contribution >= 4 is 23.1 Å². The summed E-state index contributed by atoms with van der Waals surface area (Å²) in [5.41, 5.74) is 2.66. The van der Waals surface area contributed by atoms with Gasteiger partial charge in [-0.25, -0.2) is 0 Å². The third-order valence-corrected chi connectivity index (χ3v) is 4.77. The van der Waals surface area contributed by atoms with Gasteiger partial charge < -0.3 is 20.2 Å². The van der Waals surface area contributed by atoms with Gasteiger partial charge in [0.05, 0.1) is 0 Å². The molecule has 1 unspecified atom stereocenters. The van der Waals surface area contributed by atoms with Crippen LogP contribution >= 0.6 is 0 Å². The lowest BCUT2D eigenvalue weighted by Gasteiger charge is -2.27. The molecule has 0 radical (unpaired) electrons. The molecule has 27 heavy (non-hydrogen) atoms. The van der Waals surface area contributed by atoms with Crippen molar-refractivity contribution in [2.75, 3.05) is 11.9 Å². The number of hydrogen-bond donors (Lipinski definition) is 3. The van der Waals surface area contributed by atoms with Gasteiger partial charge in [-0.1, -0.05) is 30.3 Å². The molecule has 142 valence electrons. The summed E-state index contributed by atoms with van der Waals surface area (Å²) in [4.78, 5) is 10.5. The van der Waals surface area contributed by atoms with E-state index in [2.05, 4.69) is 24.5 Å². The Balaban J connectivity index is 1.51. The predicted octanol–water partition coefficient (Wildman–Crippen LogP) is 4.04. The normalized spacial score (nSPS) is 12.9. The number of carbonyl (C=O) groups is 1. The molecule has 0 aliphatic heterocycles. The Bertz CT molecular complexity index is 851. The van der Waals surface area contributed by atoms with Gasteiger partial charge in [0.25, 0.3) is 0 Å². The van der Waals surface area contributed by atoms with Gasteiger partial charge in [0.15, 0.2) is 0 Å². The van der Waals surface area contributed by atoms with Gasteiger partial charge >= 0.3 is 0 Å². The zero-order chi connectivity index (χ0) is 19.3. The lowest BCUT2D eigenvalue weighted by atomic mass is 9.95. The fraction of sp³-hybridized carbons (Fsp3) is 0.318. The van der Waals surface area contributed by atoms with E-state index < -0.39 is 6.10 Å². The van der Waals surface area contributed by atoms with Crippen LogP contribution in [0.15, 0.2) is 59.0 Å². The van der Waals surface area contributed by atoms with Crippen LogP contribution < -0.4 is 10.6 Å². The smallest absolute Gasteiger partial charge is 0.211 e. The van der Waals surface area contributed by atoms with Crippen molar-refractivity contribution in [3.05, 3.63) is 65.9 Å². The van der Waals surface area contributed by atoms with Gasteiger partial charge in [0.1, 0.15) is 17.4 Å². The molecule has 3 N–H and O–H groups in total. The Labute approximate surface area is 159 Å². The summed E-state index contributed by atoms with van der Waals surface area (Å²) < 4.78 is 5.73. The summed E-state index contributed by atoms with van der Waals surface area (Å²) in [5.74, 6) is 0.581. The van der Waals surface area contributed by atoms with Crippen molar-refractivity contribution in [3.8, 4) is 0 Å². The summed E-state index contributed by atoms with van der Waals surface area (Å²) in [6.07, 6.45) is 1.81. The van der Waals surface area contributed by atoms with E-state index in [9.17, 15) is 9.90 Å². The molecular weight excluding hydrogens is 340 g/mol. The minimum absolute atomic E-state index is 0.132. The second-order valence-corrected chi connectivity index (χ2v) is 7.43. The standard InChI is InChI=1S/C22H26N2O3/c1-22(2,12-11-16-7-9-18(10-8-16)23-15-25)24-14-19(26)21-13-17-5-3-4-6-20(17)27-21/h3-10,13,15,19,24,26H,11-12,14H2,1-2H3,(H,23,25). The second-order valence-electron chi connectivity index (χ2n) is 7.43. The summed E-state index contributed by atoms with van der Waals surface area (Å²) in [6, 6.07) is 17.5. The van der Waals surface area contributed by atoms with Crippen LogP contribution in [-0.2, 0) is 11.2 Å². The Hall–Kier alpha value is -2.63. The molecular formula is C22H26N2O3. The van der Waals surface area contributed by atoms with Gasteiger partial charge in [-0.3, -0.25) is 4.79 Å². The van der Waals surface area contributed by atoms with Gasteiger partial charge in [0, 0.05) is 23.2 Å². The van der Waals surface area contributed by atoms with Crippen molar-refractivity contribution in [2.45, 2.75) is 38.3 Å². The van der Waals surface area contributed by atoms with E-state index >= 15 is 0 Å². The number of hydrogen-bond acceptors (Lipinski definition) is 4. The third kappa shape index (κ3) is 5.18. The van der Waals surface area contributed by atoms with Crippen molar-refractivity contribution in [1.82, 2.24) is 5.32 Å². The highest BCUT2D eigenvalue weighted by molar-refractivity contribution is 5.77. The van der Waals surface area contributed by atoms with Crippen LogP contribution in [-0.4, -0.2) is 23.6 Å². The molecule has 1 atom stereocenters. The monoisotopic (exact) mass is 366 g/mol. The second kappa shape index (κ2) is 8.37. The molecule has 5 nitrogen and oxygen atoms in total. The molecule has 0 spiro atoms. The lowest BCUT2D eigenvalue weighted by molar-refractivity contribution is -0.105. The Kier molecular flexibility index (Phi) is 5.94. The molecule has 1 heterocycles. The van der Waals surface area contributed by atoms with E-state index in [0.717, 1.165) is 29.5 Å². The summed E-state index contributed by atoms with van der Waals surface area (Å²) in [5, 5.41) is 17.5. The number of carbonyl (C=O) groups excluding carboxylic acids is 1. The fourth-order valence-corrected chi connectivity index (χ4v) is 3.02. The maximum Gasteiger partial charge on any atom is 0.211 e. The number of para-hydroxylation sites is 1. The van der Waals surface area contributed by atoms with E-state index in [1.165, 1.54) is 5.56 Å². The highest BCUT2D eigenvalue weighted by Crippen LogP contribution is 2.24. The number of furan rings is 1. The first kappa shape index (κ1) is 19.1. The van der Waals surface area contributed by atoms with E-state index in [1.807, 2.05) is 54.6 Å². The Morgan fingerprint density at radius 3 is 2.59 bits per heavy atom. The minimum Gasteiger partial charge on any atom is -0.458 e. The molecule has 0 saturated carbocycles. The first-order valence-electron chi connectivity index (χ1n) is 9.17. The van der Waals surface area contributed by atoms with Crippen LogP contribution in [0.4, 0.5) is 5.69 Å². The lowest BCUT2D eigenvalue weighted by Crippen LogP contribution is -2.41. The number of rotatable bonds is 9. The molecule has 0 bridgehead atoms.